The molecule has 2 aromatic rings. The quantitative estimate of drug-likeness (QED) is 0.807. The molecule has 1 amide bonds. The van der Waals surface area contributed by atoms with Crippen molar-refractivity contribution in [3.8, 4) is 11.4 Å². The van der Waals surface area contributed by atoms with Crippen molar-refractivity contribution in [3.05, 3.63) is 35.7 Å². The summed E-state index contributed by atoms with van der Waals surface area (Å²) in [7, 11) is 0. The van der Waals surface area contributed by atoms with Gasteiger partial charge in [-0.1, -0.05) is 31.1 Å². The van der Waals surface area contributed by atoms with Crippen LogP contribution < -0.4 is 5.32 Å². The van der Waals surface area contributed by atoms with E-state index in [1.807, 2.05) is 13.8 Å². The Balaban J connectivity index is 0.00000117. The molecule has 2 heterocycles. The van der Waals surface area contributed by atoms with Gasteiger partial charge in [-0.3, -0.25) is 4.79 Å². The highest BCUT2D eigenvalue weighted by atomic mass is 19.4. The number of nitrogens with one attached hydrogen (secondary N) is 1. The van der Waals surface area contributed by atoms with E-state index in [1.54, 1.807) is 0 Å². The number of amides is 1. The number of hydrogen-bond donors (Lipinski definition) is 1. The Kier molecular flexibility index (Phi) is 6.26. The Morgan fingerprint density at radius 3 is 2.45 bits per heavy atom. The molecular formula is C20H25F3N4O2. The molecule has 1 aromatic heterocycles. The van der Waals surface area contributed by atoms with Gasteiger partial charge in [0.15, 0.2) is 0 Å². The average Bonchev–Trinajstić information content (AvgIpc) is 3.10. The SMILES string of the molecule is CC.O=C(NCCN1CCC2(CC2)C1)c1ccc(-c2noc(C(F)(F)F)n2)cc1. The van der Waals surface area contributed by atoms with Gasteiger partial charge in [0.05, 0.1) is 0 Å². The van der Waals surface area contributed by atoms with Crippen LogP contribution >= 0.6 is 0 Å². The summed E-state index contributed by atoms with van der Waals surface area (Å²) in [5.41, 5.74) is 1.34. The zero-order valence-electron chi connectivity index (χ0n) is 16.6. The lowest BCUT2D eigenvalue weighted by atomic mass is 10.1. The fraction of sp³-hybridized carbons (Fsp3) is 0.550. The molecule has 0 atom stereocenters. The normalized spacial score (nSPS) is 17.7. The average molecular weight is 410 g/mol. The van der Waals surface area contributed by atoms with E-state index in [9.17, 15) is 18.0 Å². The van der Waals surface area contributed by atoms with E-state index in [0.717, 1.165) is 19.6 Å². The van der Waals surface area contributed by atoms with Crippen LogP contribution in [0.1, 0.15) is 49.4 Å². The third kappa shape index (κ3) is 5.14. The van der Waals surface area contributed by atoms with Gasteiger partial charge in [-0.25, -0.2) is 0 Å². The van der Waals surface area contributed by atoms with E-state index in [-0.39, 0.29) is 11.7 Å². The molecule has 1 aliphatic carbocycles. The first-order valence-corrected chi connectivity index (χ1v) is 9.87. The third-order valence-corrected chi connectivity index (χ3v) is 5.26. The summed E-state index contributed by atoms with van der Waals surface area (Å²) in [5, 5.41) is 6.20. The van der Waals surface area contributed by atoms with E-state index < -0.39 is 12.1 Å². The molecule has 2 aliphatic rings. The van der Waals surface area contributed by atoms with E-state index >= 15 is 0 Å². The van der Waals surface area contributed by atoms with Gasteiger partial charge in [-0.15, -0.1) is 0 Å². The molecule has 1 aliphatic heterocycles. The summed E-state index contributed by atoms with van der Waals surface area (Å²) in [6.45, 7) is 7.61. The minimum absolute atomic E-state index is 0.169. The number of hydrogen-bond acceptors (Lipinski definition) is 5. The second-order valence-electron chi connectivity index (χ2n) is 7.28. The van der Waals surface area contributed by atoms with Crippen LogP contribution in [-0.2, 0) is 6.18 Å². The number of rotatable bonds is 5. The van der Waals surface area contributed by atoms with E-state index in [2.05, 4.69) is 24.9 Å². The van der Waals surface area contributed by atoms with Crippen LogP contribution in [0.5, 0.6) is 0 Å². The van der Waals surface area contributed by atoms with Gasteiger partial charge in [0.2, 0.25) is 5.82 Å². The lowest BCUT2D eigenvalue weighted by Crippen LogP contribution is -2.34. The Labute approximate surface area is 167 Å². The fourth-order valence-electron chi connectivity index (χ4n) is 3.46. The zero-order valence-corrected chi connectivity index (χ0v) is 16.6. The molecule has 0 bridgehead atoms. The Morgan fingerprint density at radius 1 is 1.21 bits per heavy atom. The van der Waals surface area contributed by atoms with Crippen molar-refractivity contribution < 1.29 is 22.5 Å². The standard InChI is InChI=1S/C18H19F3N4O2.C2H6/c19-18(20,21)16-23-14(24-27-16)12-1-3-13(4-2-12)15(26)22-8-10-25-9-7-17(11-25)5-6-17;1-2/h1-4H,5-11H2,(H,22,26);1-2H3. The van der Waals surface area contributed by atoms with Crippen LogP contribution in [0.15, 0.2) is 28.8 Å². The largest absolute Gasteiger partial charge is 0.471 e. The van der Waals surface area contributed by atoms with Gasteiger partial charge >= 0.3 is 12.1 Å². The minimum Gasteiger partial charge on any atom is -0.351 e. The first kappa shape index (κ1) is 21.3. The summed E-state index contributed by atoms with van der Waals surface area (Å²) >= 11 is 0. The topological polar surface area (TPSA) is 71.3 Å². The number of halogens is 3. The van der Waals surface area contributed by atoms with E-state index in [0.29, 0.717) is 23.1 Å². The van der Waals surface area contributed by atoms with Gasteiger partial charge in [0.1, 0.15) is 0 Å². The predicted octanol–water partition coefficient (Wildman–Crippen LogP) is 4.00. The Hall–Kier alpha value is -2.42. The summed E-state index contributed by atoms with van der Waals surface area (Å²) in [5.74, 6) is -1.78. The second kappa shape index (κ2) is 8.52. The maximum atomic E-state index is 12.5. The van der Waals surface area contributed by atoms with Crippen LogP contribution in [0.3, 0.4) is 0 Å². The predicted molar refractivity (Wildman–Crippen MR) is 101 cm³/mol. The third-order valence-electron chi connectivity index (χ3n) is 5.26. The van der Waals surface area contributed by atoms with Crippen molar-refractivity contribution in [2.24, 2.45) is 5.41 Å². The highest BCUT2D eigenvalue weighted by Gasteiger charge is 2.47. The van der Waals surface area contributed by atoms with Crippen LogP contribution in [0.2, 0.25) is 0 Å². The van der Waals surface area contributed by atoms with Crippen LogP contribution in [-0.4, -0.2) is 47.1 Å². The lowest BCUT2D eigenvalue weighted by Gasteiger charge is -2.16. The van der Waals surface area contributed by atoms with Crippen LogP contribution in [0, 0.1) is 5.41 Å². The zero-order chi connectivity index (χ0) is 21.1. The number of benzene rings is 1. The summed E-state index contributed by atoms with van der Waals surface area (Å²) in [6.07, 6.45) is -0.770. The highest BCUT2D eigenvalue weighted by Crippen LogP contribution is 2.52. The summed E-state index contributed by atoms with van der Waals surface area (Å²) in [6, 6.07) is 6.06. The number of likely N-dealkylation sites (tertiary alicyclic amines) is 1. The van der Waals surface area contributed by atoms with Crippen molar-refractivity contribution >= 4 is 5.91 Å². The smallest absolute Gasteiger partial charge is 0.351 e. The minimum atomic E-state index is -4.68. The van der Waals surface area contributed by atoms with E-state index in [1.165, 1.54) is 43.5 Å². The maximum Gasteiger partial charge on any atom is 0.471 e. The Bertz CT molecular complexity index is 829. The van der Waals surface area contributed by atoms with Crippen molar-refractivity contribution in [1.82, 2.24) is 20.4 Å². The number of nitrogens with zero attached hydrogens (tertiary/aromatic N) is 3. The Morgan fingerprint density at radius 2 is 1.90 bits per heavy atom. The lowest BCUT2D eigenvalue weighted by molar-refractivity contribution is -0.159. The second-order valence-corrected chi connectivity index (χ2v) is 7.28. The number of alkyl halides is 3. The molecule has 1 spiro atoms. The first-order chi connectivity index (χ1) is 13.8. The summed E-state index contributed by atoms with van der Waals surface area (Å²) < 4.78 is 41.7. The molecule has 1 N–H and O–H groups in total. The number of carbonyl (C=O) groups is 1. The van der Waals surface area contributed by atoms with E-state index in [4.69, 9.17) is 0 Å². The molecule has 29 heavy (non-hydrogen) atoms. The van der Waals surface area contributed by atoms with Crippen molar-refractivity contribution in [2.45, 2.75) is 39.3 Å². The molecule has 6 nitrogen and oxygen atoms in total. The molecule has 1 saturated heterocycles. The molecule has 158 valence electrons. The van der Waals surface area contributed by atoms with Gasteiger partial charge in [-0.05, 0) is 43.4 Å². The first-order valence-electron chi connectivity index (χ1n) is 9.87. The monoisotopic (exact) mass is 410 g/mol. The van der Waals surface area contributed by atoms with Crippen LogP contribution in [0.4, 0.5) is 13.2 Å². The molecule has 1 aromatic carbocycles. The van der Waals surface area contributed by atoms with Gasteiger partial charge in [0.25, 0.3) is 5.91 Å². The van der Waals surface area contributed by atoms with Crippen LogP contribution in [0.25, 0.3) is 11.4 Å². The molecule has 1 saturated carbocycles. The molecule has 4 rings (SSSR count). The van der Waals surface area contributed by atoms with Gasteiger partial charge in [-0.2, -0.15) is 18.2 Å². The molecule has 9 heteroatoms. The molecule has 0 radical (unpaired) electrons. The maximum absolute atomic E-state index is 12.5. The fourth-order valence-corrected chi connectivity index (χ4v) is 3.46. The number of aromatic nitrogens is 2. The van der Waals surface area contributed by atoms with Gasteiger partial charge < -0.3 is 14.7 Å². The van der Waals surface area contributed by atoms with Crippen molar-refractivity contribution in [1.29, 1.82) is 0 Å². The molecular weight excluding hydrogens is 385 g/mol. The number of carbonyl (C=O) groups excluding carboxylic acids is 1. The summed E-state index contributed by atoms with van der Waals surface area (Å²) in [4.78, 5) is 17.9. The van der Waals surface area contributed by atoms with Crippen molar-refractivity contribution in [3.63, 3.8) is 0 Å². The molecule has 2 fully saturated rings. The molecule has 0 unspecified atom stereocenters. The van der Waals surface area contributed by atoms with Gasteiger partial charge in [0, 0.05) is 30.8 Å². The van der Waals surface area contributed by atoms with Crippen molar-refractivity contribution in [2.75, 3.05) is 26.2 Å². The highest BCUT2D eigenvalue weighted by molar-refractivity contribution is 5.94.